The molecule has 1 heterocycles. The fourth-order valence-corrected chi connectivity index (χ4v) is 1.87. The van der Waals surface area contributed by atoms with Gasteiger partial charge in [0.05, 0.1) is 18.1 Å². The highest BCUT2D eigenvalue weighted by atomic mass is 35.5. The number of ether oxygens (including phenoxy) is 1. The molecular formula is C6H4ClNO2. The van der Waals surface area contributed by atoms with Gasteiger partial charge in [-0.05, 0) is 0 Å². The largest absolute Gasteiger partial charge is 0.464 e. The van der Waals surface area contributed by atoms with E-state index in [9.17, 15) is 4.79 Å². The molecule has 1 aliphatic heterocycles. The van der Waals surface area contributed by atoms with Crippen LogP contribution in [-0.4, -0.2) is 18.0 Å². The molecule has 0 aromatic rings. The van der Waals surface area contributed by atoms with E-state index in [4.69, 9.17) is 16.9 Å². The number of alkyl halides is 1. The molecule has 2 rings (SSSR count). The maximum Gasteiger partial charge on any atom is 0.328 e. The molecule has 1 saturated heterocycles. The van der Waals surface area contributed by atoms with Crippen molar-refractivity contribution in [3.63, 3.8) is 0 Å². The zero-order chi connectivity index (χ0) is 7.35. The molecule has 2 fully saturated rings. The summed E-state index contributed by atoms with van der Waals surface area (Å²) in [6.07, 6.45) is 0. The number of carbonyl (C=O) groups excluding carboxylic acids is 1. The first-order chi connectivity index (χ1) is 4.73. The van der Waals surface area contributed by atoms with Crippen LogP contribution in [0, 0.1) is 22.7 Å². The highest BCUT2D eigenvalue weighted by molar-refractivity contribution is 6.27. The Morgan fingerprint density at radius 2 is 2.60 bits per heavy atom. The van der Waals surface area contributed by atoms with Crippen LogP contribution in [0.5, 0.6) is 0 Å². The molecule has 4 heteroatoms. The van der Waals surface area contributed by atoms with E-state index in [0.717, 1.165) is 0 Å². The van der Waals surface area contributed by atoms with Crippen molar-refractivity contribution in [1.82, 2.24) is 0 Å². The Morgan fingerprint density at radius 1 is 1.90 bits per heavy atom. The van der Waals surface area contributed by atoms with Crippen LogP contribution in [0.25, 0.3) is 0 Å². The Labute approximate surface area is 62.5 Å². The lowest BCUT2D eigenvalue weighted by Crippen LogP contribution is -2.15. The predicted octanol–water partition coefficient (Wildman–Crippen LogP) is 0.290. The predicted molar refractivity (Wildman–Crippen MR) is 32.1 cm³/mol. The molecule has 3 nitrogen and oxygen atoms in total. The Hall–Kier alpha value is -0.750. The first-order valence-electron chi connectivity index (χ1n) is 2.96. The minimum absolute atomic E-state index is 0.0494. The highest BCUT2D eigenvalue weighted by Crippen LogP contribution is 2.60. The molecule has 0 unspecified atom stereocenters. The number of nitriles is 1. The van der Waals surface area contributed by atoms with Crippen molar-refractivity contribution in [3.8, 4) is 6.07 Å². The molecule has 0 radical (unpaired) electrons. The van der Waals surface area contributed by atoms with Crippen LogP contribution < -0.4 is 0 Å². The fourth-order valence-electron chi connectivity index (χ4n) is 1.37. The molecular weight excluding hydrogens is 154 g/mol. The van der Waals surface area contributed by atoms with Crippen molar-refractivity contribution < 1.29 is 9.53 Å². The average Bonchev–Trinajstić information content (AvgIpc) is 2.33. The fraction of sp³-hybridized carbons (Fsp3) is 0.667. The number of carbonyl (C=O) groups is 1. The van der Waals surface area contributed by atoms with E-state index in [-0.39, 0.29) is 11.3 Å². The van der Waals surface area contributed by atoms with Crippen molar-refractivity contribution in [3.05, 3.63) is 0 Å². The third kappa shape index (κ3) is 0.381. The molecule has 2 aliphatic rings. The average molecular weight is 158 g/mol. The number of nitrogens with zero attached hydrogens (tertiary/aromatic N) is 1. The number of halogens is 1. The van der Waals surface area contributed by atoms with Gasteiger partial charge in [-0.15, -0.1) is 11.6 Å². The molecule has 0 N–H and O–H groups in total. The van der Waals surface area contributed by atoms with Crippen molar-refractivity contribution in [2.24, 2.45) is 11.3 Å². The van der Waals surface area contributed by atoms with Gasteiger partial charge in [0.15, 0.2) is 5.41 Å². The van der Waals surface area contributed by atoms with Crippen LogP contribution >= 0.6 is 11.6 Å². The van der Waals surface area contributed by atoms with Crippen LogP contribution in [0.2, 0.25) is 0 Å². The SMILES string of the molecule is N#C[C@@]12C(=O)OC[C@@H]1[C@H]2Cl. The third-order valence-electron chi connectivity index (χ3n) is 2.18. The topological polar surface area (TPSA) is 50.1 Å². The van der Waals surface area contributed by atoms with E-state index in [1.807, 2.05) is 6.07 Å². The second kappa shape index (κ2) is 1.46. The van der Waals surface area contributed by atoms with E-state index in [2.05, 4.69) is 4.74 Å². The normalized spacial score (nSPS) is 49.4. The highest BCUT2D eigenvalue weighted by Gasteiger charge is 2.75. The van der Waals surface area contributed by atoms with Gasteiger partial charge in [-0.2, -0.15) is 5.26 Å². The Bertz CT molecular complexity index is 247. The molecule has 10 heavy (non-hydrogen) atoms. The second-order valence-corrected chi connectivity index (χ2v) is 3.06. The van der Waals surface area contributed by atoms with Gasteiger partial charge < -0.3 is 4.74 Å². The molecule has 0 aromatic heterocycles. The van der Waals surface area contributed by atoms with E-state index >= 15 is 0 Å². The van der Waals surface area contributed by atoms with Gasteiger partial charge in [-0.25, -0.2) is 0 Å². The molecule has 0 amide bonds. The summed E-state index contributed by atoms with van der Waals surface area (Å²) in [7, 11) is 0. The van der Waals surface area contributed by atoms with Gasteiger partial charge in [0.1, 0.15) is 0 Å². The van der Waals surface area contributed by atoms with Crippen LogP contribution in [0.15, 0.2) is 0 Å². The van der Waals surface area contributed by atoms with Crippen LogP contribution in [-0.2, 0) is 9.53 Å². The third-order valence-corrected chi connectivity index (χ3v) is 2.83. The summed E-state index contributed by atoms with van der Waals surface area (Å²) in [5.74, 6) is -0.494. The number of esters is 1. The smallest absolute Gasteiger partial charge is 0.328 e. The van der Waals surface area contributed by atoms with Crippen LogP contribution in [0.4, 0.5) is 0 Å². The quantitative estimate of drug-likeness (QED) is 0.375. The molecule has 0 spiro atoms. The first-order valence-corrected chi connectivity index (χ1v) is 3.39. The van der Waals surface area contributed by atoms with Crippen molar-refractivity contribution in [1.29, 1.82) is 5.26 Å². The monoisotopic (exact) mass is 157 g/mol. The maximum absolute atomic E-state index is 10.8. The van der Waals surface area contributed by atoms with E-state index in [1.165, 1.54) is 0 Å². The summed E-state index contributed by atoms with van der Waals surface area (Å²) in [6.45, 7) is 0.320. The molecule has 1 aliphatic carbocycles. The summed E-state index contributed by atoms with van der Waals surface area (Å²) in [5.41, 5.74) is -0.971. The maximum atomic E-state index is 10.8. The van der Waals surface area contributed by atoms with Gasteiger partial charge in [0.25, 0.3) is 0 Å². The van der Waals surface area contributed by atoms with E-state index in [0.29, 0.717) is 6.61 Å². The first kappa shape index (κ1) is 5.99. The number of fused-ring (bicyclic) bond motifs is 1. The number of hydrogen-bond donors (Lipinski definition) is 0. The van der Waals surface area contributed by atoms with Gasteiger partial charge in [0.2, 0.25) is 0 Å². The molecule has 1 saturated carbocycles. The van der Waals surface area contributed by atoms with Crippen LogP contribution in [0.3, 0.4) is 0 Å². The van der Waals surface area contributed by atoms with Gasteiger partial charge in [-0.1, -0.05) is 0 Å². The standard InChI is InChI=1S/C6H4ClNO2/c7-4-3-1-10-5(9)6(3,4)2-8/h3-4H,1H2/t3-,4-,6-/m1/s1. The Kier molecular flexibility index (Phi) is 0.873. The summed E-state index contributed by atoms with van der Waals surface area (Å²) >= 11 is 5.68. The zero-order valence-corrected chi connectivity index (χ0v) is 5.76. The van der Waals surface area contributed by atoms with Crippen molar-refractivity contribution in [2.75, 3.05) is 6.61 Å². The number of cyclic esters (lactones) is 1. The summed E-state index contributed by atoms with van der Waals surface area (Å²) in [4.78, 5) is 10.8. The molecule has 0 aromatic carbocycles. The van der Waals surface area contributed by atoms with Gasteiger partial charge >= 0.3 is 5.97 Å². The van der Waals surface area contributed by atoms with Crippen molar-refractivity contribution >= 4 is 17.6 Å². The number of hydrogen-bond acceptors (Lipinski definition) is 3. The van der Waals surface area contributed by atoms with E-state index < -0.39 is 11.4 Å². The lowest BCUT2D eigenvalue weighted by Gasteiger charge is -1.98. The molecule has 0 bridgehead atoms. The molecule has 3 atom stereocenters. The number of rotatable bonds is 0. The minimum atomic E-state index is -0.971. The van der Waals surface area contributed by atoms with Gasteiger partial charge in [-0.3, -0.25) is 4.79 Å². The summed E-state index contributed by atoms with van der Waals surface area (Å²) in [5, 5.41) is 8.27. The summed E-state index contributed by atoms with van der Waals surface area (Å²) in [6, 6.07) is 1.91. The molecule has 52 valence electrons. The Balaban J connectivity index is 2.38. The Morgan fingerprint density at radius 3 is 2.90 bits per heavy atom. The second-order valence-electron chi connectivity index (χ2n) is 2.59. The minimum Gasteiger partial charge on any atom is -0.464 e. The van der Waals surface area contributed by atoms with E-state index in [1.54, 1.807) is 0 Å². The summed E-state index contributed by atoms with van der Waals surface area (Å²) < 4.78 is 4.63. The zero-order valence-electron chi connectivity index (χ0n) is 5.00. The lowest BCUT2D eigenvalue weighted by molar-refractivity contribution is -0.142. The van der Waals surface area contributed by atoms with Crippen molar-refractivity contribution in [2.45, 2.75) is 5.38 Å². The lowest BCUT2D eigenvalue weighted by atomic mass is 10.1. The van der Waals surface area contributed by atoms with Gasteiger partial charge in [0, 0.05) is 5.92 Å². The van der Waals surface area contributed by atoms with Crippen LogP contribution in [0.1, 0.15) is 0 Å².